The first kappa shape index (κ1) is 16.7. The zero-order valence-corrected chi connectivity index (χ0v) is 16.3. The molecule has 6 rings (SSSR count). The van der Waals surface area contributed by atoms with Gasteiger partial charge in [0.15, 0.2) is 5.15 Å². The monoisotopic (exact) mass is 392 g/mol. The Morgan fingerprint density at radius 1 is 0.655 bits per heavy atom. The minimum absolute atomic E-state index is 0.255. The molecule has 0 N–H and O–H groups in total. The third kappa shape index (κ3) is 2.56. The molecule has 2 aliphatic carbocycles. The number of nitrogens with zero attached hydrogens (tertiary/aromatic N) is 2. The standard InChI is InChI=1S/C26H17ClN2/c27-26-25(28-23-11-5-6-12-24(23)29-26)16-13-14-21-19-9-2-1-7-17(19)18-8-3-4-10-20(18)22(21)15-16/h1-15,21-22H. The lowest BCUT2D eigenvalue weighted by Crippen LogP contribution is -2.17. The van der Waals surface area contributed by atoms with Gasteiger partial charge in [-0.25, -0.2) is 9.97 Å². The zero-order valence-electron chi connectivity index (χ0n) is 15.6. The molecule has 0 saturated heterocycles. The molecule has 1 aromatic heterocycles. The maximum Gasteiger partial charge on any atom is 0.156 e. The van der Waals surface area contributed by atoms with Crippen LogP contribution in [0.1, 0.15) is 28.7 Å². The molecule has 2 atom stereocenters. The zero-order chi connectivity index (χ0) is 19.4. The van der Waals surface area contributed by atoms with Gasteiger partial charge < -0.3 is 0 Å². The van der Waals surface area contributed by atoms with Crippen LogP contribution in [0.25, 0.3) is 27.7 Å². The topological polar surface area (TPSA) is 25.8 Å². The van der Waals surface area contributed by atoms with Gasteiger partial charge in [-0.3, -0.25) is 0 Å². The van der Waals surface area contributed by atoms with Gasteiger partial charge >= 0.3 is 0 Å². The molecular weight excluding hydrogens is 376 g/mol. The van der Waals surface area contributed by atoms with E-state index in [4.69, 9.17) is 16.6 Å². The van der Waals surface area contributed by atoms with Gasteiger partial charge in [0, 0.05) is 11.8 Å². The lowest BCUT2D eigenvalue weighted by molar-refractivity contribution is 0.722. The van der Waals surface area contributed by atoms with Crippen molar-refractivity contribution < 1.29 is 0 Å². The fourth-order valence-electron chi connectivity index (χ4n) is 4.65. The second-order valence-electron chi connectivity index (χ2n) is 7.56. The maximum absolute atomic E-state index is 6.54. The smallest absolute Gasteiger partial charge is 0.156 e. The largest absolute Gasteiger partial charge is 0.243 e. The van der Waals surface area contributed by atoms with Gasteiger partial charge in [0.25, 0.3) is 0 Å². The van der Waals surface area contributed by atoms with Crippen LogP contribution in [-0.2, 0) is 0 Å². The summed E-state index contributed by atoms with van der Waals surface area (Å²) in [4.78, 5) is 9.39. The molecule has 0 radical (unpaired) electrons. The predicted molar refractivity (Wildman–Crippen MR) is 119 cm³/mol. The van der Waals surface area contributed by atoms with Crippen molar-refractivity contribution >= 4 is 28.2 Å². The molecule has 0 bridgehead atoms. The van der Waals surface area contributed by atoms with Gasteiger partial charge in [0.1, 0.15) is 5.69 Å². The van der Waals surface area contributed by atoms with Gasteiger partial charge in [-0.15, -0.1) is 0 Å². The summed E-state index contributed by atoms with van der Waals surface area (Å²) < 4.78 is 0. The molecule has 4 aromatic rings. The SMILES string of the molecule is Clc1nc2ccccc2nc1C1=CC2c3ccccc3-c3ccccc3C2C=C1. The second-order valence-corrected chi connectivity index (χ2v) is 7.92. The average molecular weight is 393 g/mol. The van der Waals surface area contributed by atoms with Crippen LogP contribution in [0.5, 0.6) is 0 Å². The van der Waals surface area contributed by atoms with Crippen molar-refractivity contribution in [2.75, 3.05) is 0 Å². The molecule has 29 heavy (non-hydrogen) atoms. The van der Waals surface area contributed by atoms with E-state index in [0.29, 0.717) is 11.1 Å². The van der Waals surface area contributed by atoms with E-state index >= 15 is 0 Å². The molecular formula is C26H17ClN2. The quantitative estimate of drug-likeness (QED) is 0.356. The summed E-state index contributed by atoms with van der Waals surface area (Å²) in [5.74, 6) is 0.572. The lowest BCUT2D eigenvalue weighted by atomic mass is 9.69. The van der Waals surface area contributed by atoms with Crippen molar-refractivity contribution in [3.05, 3.63) is 113 Å². The fourth-order valence-corrected chi connectivity index (χ4v) is 4.89. The summed E-state index contributed by atoms with van der Waals surface area (Å²) in [6.07, 6.45) is 6.75. The Morgan fingerprint density at radius 3 is 1.97 bits per heavy atom. The summed E-state index contributed by atoms with van der Waals surface area (Å²) >= 11 is 6.54. The van der Waals surface area contributed by atoms with Crippen molar-refractivity contribution in [3.8, 4) is 11.1 Å². The molecule has 2 aliphatic rings. The highest BCUT2D eigenvalue weighted by Gasteiger charge is 2.33. The van der Waals surface area contributed by atoms with Gasteiger partial charge in [0.2, 0.25) is 0 Å². The Hall–Kier alpha value is -3.23. The Bertz CT molecular complexity index is 1340. The third-order valence-electron chi connectivity index (χ3n) is 5.96. The number of rotatable bonds is 1. The molecule has 2 nitrogen and oxygen atoms in total. The van der Waals surface area contributed by atoms with Gasteiger partial charge in [-0.2, -0.15) is 0 Å². The van der Waals surface area contributed by atoms with E-state index in [1.165, 1.54) is 22.3 Å². The molecule has 3 heteroatoms. The van der Waals surface area contributed by atoms with Crippen molar-refractivity contribution in [1.82, 2.24) is 9.97 Å². The number of allylic oxidation sites excluding steroid dienone is 4. The molecule has 3 aromatic carbocycles. The predicted octanol–water partition coefficient (Wildman–Crippen LogP) is 6.78. The van der Waals surface area contributed by atoms with E-state index in [1.807, 2.05) is 24.3 Å². The first-order valence-electron chi connectivity index (χ1n) is 9.80. The molecule has 1 heterocycles. The van der Waals surface area contributed by atoms with Crippen LogP contribution in [0.15, 0.2) is 91.0 Å². The van der Waals surface area contributed by atoms with Crippen LogP contribution in [0.3, 0.4) is 0 Å². The highest BCUT2D eigenvalue weighted by atomic mass is 35.5. The Balaban J connectivity index is 1.53. The Labute approximate surface area is 174 Å². The second kappa shape index (κ2) is 6.40. The average Bonchev–Trinajstić information content (AvgIpc) is 2.78. The van der Waals surface area contributed by atoms with Crippen molar-refractivity contribution in [1.29, 1.82) is 0 Å². The number of aromatic nitrogens is 2. The number of fused-ring (bicyclic) bond motifs is 7. The molecule has 0 fully saturated rings. The molecule has 0 aliphatic heterocycles. The van der Waals surface area contributed by atoms with Crippen LogP contribution in [-0.4, -0.2) is 9.97 Å². The van der Waals surface area contributed by atoms with Crippen LogP contribution in [0.4, 0.5) is 0 Å². The highest BCUT2D eigenvalue weighted by molar-refractivity contribution is 6.31. The summed E-state index contributed by atoms with van der Waals surface area (Å²) in [6, 6.07) is 25.3. The normalized spacial score (nSPS) is 19.3. The van der Waals surface area contributed by atoms with E-state index in [0.717, 1.165) is 22.3 Å². The van der Waals surface area contributed by atoms with Crippen molar-refractivity contribution in [3.63, 3.8) is 0 Å². The van der Waals surface area contributed by atoms with Crippen molar-refractivity contribution in [2.45, 2.75) is 11.8 Å². The van der Waals surface area contributed by atoms with Crippen LogP contribution in [0.2, 0.25) is 5.15 Å². The van der Waals surface area contributed by atoms with E-state index in [9.17, 15) is 0 Å². The molecule has 2 unspecified atom stereocenters. The van der Waals surface area contributed by atoms with Crippen LogP contribution < -0.4 is 0 Å². The minimum Gasteiger partial charge on any atom is -0.243 e. The van der Waals surface area contributed by atoms with E-state index in [-0.39, 0.29) is 5.92 Å². The maximum atomic E-state index is 6.54. The number of hydrogen-bond donors (Lipinski definition) is 0. The number of para-hydroxylation sites is 2. The van der Waals surface area contributed by atoms with Crippen LogP contribution >= 0.6 is 11.6 Å². The number of halogens is 1. The summed E-state index contributed by atoms with van der Waals surface area (Å²) in [7, 11) is 0. The molecule has 0 spiro atoms. The van der Waals surface area contributed by atoms with E-state index in [2.05, 4.69) is 71.7 Å². The van der Waals surface area contributed by atoms with Crippen molar-refractivity contribution in [2.24, 2.45) is 0 Å². The first-order chi connectivity index (χ1) is 14.3. The molecule has 0 saturated carbocycles. The van der Waals surface area contributed by atoms with E-state index in [1.54, 1.807) is 0 Å². The molecule has 0 amide bonds. The fraction of sp³-hybridized carbons (Fsp3) is 0.0769. The number of benzene rings is 3. The van der Waals surface area contributed by atoms with E-state index < -0.39 is 0 Å². The Morgan fingerprint density at radius 2 is 1.24 bits per heavy atom. The highest BCUT2D eigenvalue weighted by Crippen LogP contribution is 2.50. The lowest BCUT2D eigenvalue weighted by Gasteiger charge is -2.34. The third-order valence-corrected chi connectivity index (χ3v) is 6.22. The first-order valence-corrected chi connectivity index (χ1v) is 10.2. The van der Waals surface area contributed by atoms with Gasteiger partial charge in [0.05, 0.1) is 11.0 Å². The summed E-state index contributed by atoms with van der Waals surface area (Å²) in [5, 5.41) is 0.447. The number of hydrogen-bond acceptors (Lipinski definition) is 2. The molecule has 138 valence electrons. The minimum atomic E-state index is 0.255. The Kier molecular flexibility index (Phi) is 3.68. The summed E-state index contributed by atoms with van der Waals surface area (Å²) in [5.41, 5.74) is 8.82. The van der Waals surface area contributed by atoms with Crippen LogP contribution in [0, 0.1) is 0 Å². The summed E-state index contributed by atoms with van der Waals surface area (Å²) in [6.45, 7) is 0. The van der Waals surface area contributed by atoms with Gasteiger partial charge in [-0.05, 0) is 40.0 Å². The van der Waals surface area contributed by atoms with Gasteiger partial charge in [-0.1, -0.05) is 90.5 Å².